The van der Waals surface area contributed by atoms with E-state index in [1.165, 1.54) is 17.3 Å². The number of aromatic amines is 1. The summed E-state index contributed by atoms with van der Waals surface area (Å²) in [5.41, 5.74) is 2.28. The van der Waals surface area contributed by atoms with Gasteiger partial charge >= 0.3 is 0 Å². The summed E-state index contributed by atoms with van der Waals surface area (Å²) in [4.78, 5) is 36.7. The molecule has 0 aliphatic rings. The minimum Gasteiger partial charge on any atom is -0.414 e. The molecule has 1 N–H and O–H groups in total. The van der Waals surface area contributed by atoms with Gasteiger partial charge in [0, 0.05) is 31.4 Å². The maximum atomic E-state index is 12.0. The first-order valence-corrected chi connectivity index (χ1v) is 8.69. The third-order valence-corrected chi connectivity index (χ3v) is 4.16. The van der Waals surface area contributed by atoms with Crippen LogP contribution in [-0.4, -0.2) is 50.1 Å². The number of benzene rings is 1. The molecule has 4 rings (SSSR count). The molecule has 0 spiro atoms. The minimum absolute atomic E-state index is 0.0781. The zero-order chi connectivity index (χ0) is 20.4. The van der Waals surface area contributed by atoms with E-state index in [4.69, 9.17) is 4.42 Å². The van der Waals surface area contributed by atoms with Crippen molar-refractivity contribution in [2.75, 3.05) is 14.1 Å². The largest absolute Gasteiger partial charge is 0.414 e. The van der Waals surface area contributed by atoms with Crippen molar-refractivity contribution in [2.45, 2.75) is 0 Å². The van der Waals surface area contributed by atoms with Crippen LogP contribution in [0.15, 0.2) is 64.2 Å². The summed E-state index contributed by atoms with van der Waals surface area (Å²) in [6.07, 6.45) is 4.63. The van der Waals surface area contributed by atoms with Crippen LogP contribution in [0.2, 0.25) is 0 Å². The van der Waals surface area contributed by atoms with E-state index in [0.29, 0.717) is 17.0 Å². The summed E-state index contributed by atoms with van der Waals surface area (Å²) in [5.74, 6) is 0.170. The number of nitrogens with one attached hydrogen (secondary N) is 1. The number of H-pyrrole nitrogens is 1. The second-order valence-electron chi connectivity index (χ2n) is 6.39. The van der Waals surface area contributed by atoms with Crippen molar-refractivity contribution in [1.82, 2.24) is 30.0 Å². The van der Waals surface area contributed by atoms with E-state index in [0.717, 1.165) is 5.56 Å². The van der Waals surface area contributed by atoms with Gasteiger partial charge in [-0.3, -0.25) is 14.6 Å². The second-order valence-corrected chi connectivity index (χ2v) is 6.39. The Labute approximate surface area is 165 Å². The number of amides is 1. The summed E-state index contributed by atoms with van der Waals surface area (Å²) in [5, 5.41) is 7.90. The Morgan fingerprint density at radius 1 is 1.00 bits per heavy atom. The van der Waals surface area contributed by atoms with Gasteiger partial charge < -0.3 is 14.3 Å². The summed E-state index contributed by atoms with van der Waals surface area (Å²) in [6.45, 7) is 0. The van der Waals surface area contributed by atoms with Crippen molar-refractivity contribution in [3.8, 4) is 34.3 Å². The Bertz CT molecular complexity index is 1230. The molecule has 0 aliphatic carbocycles. The standard InChI is InChI=1S/C20H16N6O3/c1-26(2)20(28)13-7-5-12(6-8-13)15-10-21-11-16(23-15)19-25-24-18(29-19)14-4-3-9-22-17(14)27/h3-11H,1-2H3,(H,22,27). The zero-order valence-corrected chi connectivity index (χ0v) is 15.7. The highest BCUT2D eigenvalue weighted by Gasteiger charge is 2.15. The lowest BCUT2D eigenvalue weighted by Crippen LogP contribution is -2.21. The fraction of sp³-hybridized carbons (Fsp3) is 0.100. The molecule has 0 bridgehead atoms. The summed E-state index contributed by atoms with van der Waals surface area (Å²) in [7, 11) is 3.40. The van der Waals surface area contributed by atoms with E-state index in [1.54, 1.807) is 56.7 Å². The van der Waals surface area contributed by atoms with Crippen molar-refractivity contribution in [2.24, 2.45) is 0 Å². The number of carbonyl (C=O) groups excluding carboxylic acids is 1. The van der Waals surface area contributed by atoms with Gasteiger partial charge in [0.25, 0.3) is 23.2 Å². The first kappa shape index (κ1) is 18.2. The van der Waals surface area contributed by atoms with Crippen molar-refractivity contribution in [3.05, 3.63) is 70.9 Å². The highest BCUT2D eigenvalue weighted by Crippen LogP contribution is 2.23. The summed E-state index contributed by atoms with van der Waals surface area (Å²) >= 11 is 0. The van der Waals surface area contributed by atoms with Crippen LogP contribution in [0.5, 0.6) is 0 Å². The van der Waals surface area contributed by atoms with Crippen LogP contribution >= 0.6 is 0 Å². The Morgan fingerprint density at radius 3 is 2.45 bits per heavy atom. The van der Waals surface area contributed by atoms with Crippen LogP contribution in [-0.2, 0) is 0 Å². The van der Waals surface area contributed by atoms with Crippen LogP contribution in [0.4, 0.5) is 0 Å². The molecule has 0 fully saturated rings. The molecule has 0 saturated heterocycles. The van der Waals surface area contributed by atoms with E-state index in [2.05, 4.69) is 25.1 Å². The highest BCUT2D eigenvalue weighted by molar-refractivity contribution is 5.94. The predicted molar refractivity (Wildman–Crippen MR) is 105 cm³/mol. The first-order valence-electron chi connectivity index (χ1n) is 8.69. The SMILES string of the molecule is CN(C)C(=O)c1ccc(-c2cncc(-c3nnc(-c4ccc[nH]c4=O)o3)n2)cc1. The zero-order valence-electron chi connectivity index (χ0n) is 15.7. The Hall–Kier alpha value is -4.14. The quantitative estimate of drug-likeness (QED) is 0.569. The molecule has 0 aliphatic heterocycles. The average Bonchev–Trinajstić information content (AvgIpc) is 3.24. The van der Waals surface area contributed by atoms with Crippen LogP contribution in [0.1, 0.15) is 10.4 Å². The van der Waals surface area contributed by atoms with Gasteiger partial charge in [-0.15, -0.1) is 10.2 Å². The molecule has 0 unspecified atom stereocenters. The van der Waals surface area contributed by atoms with Crippen LogP contribution in [0.25, 0.3) is 34.3 Å². The number of rotatable bonds is 4. The normalized spacial score (nSPS) is 10.7. The monoisotopic (exact) mass is 388 g/mol. The molecule has 9 heteroatoms. The van der Waals surface area contributed by atoms with Gasteiger partial charge in [0.05, 0.1) is 18.1 Å². The molecule has 144 valence electrons. The number of aromatic nitrogens is 5. The summed E-state index contributed by atoms with van der Waals surface area (Å²) in [6, 6.07) is 10.3. The van der Waals surface area contributed by atoms with Gasteiger partial charge in [-0.2, -0.15) is 0 Å². The molecule has 29 heavy (non-hydrogen) atoms. The van der Waals surface area contributed by atoms with Gasteiger partial charge in [-0.05, 0) is 24.3 Å². The highest BCUT2D eigenvalue weighted by atomic mass is 16.4. The molecule has 0 radical (unpaired) electrons. The van der Waals surface area contributed by atoms with E-state index < -0.39 is 0 Å². The van der Waals surface area contributed by atoms with E-state index in [9.17, 15) is 9.59 Å². The minimum atomic E-state index is -0.324. The van der Waals surface area contributed by atoms with Crippen molar-refractivity contribution < 1.29 is 9.21 Å². The topological polar surface area (TPSA) is 118 Å². The number of hydrogen-bond acceptors (Lipinski definition) is 7. The molecule has 0 saturated carbocycles. The molecule has 4 aromatic rings. The molecule has 0 atom stereocenters. The third-order valence-electron chi connectivity index (χ3n) is 4.16. The predicted octanol–water partition coefficient (Wildman–Crippen LogP) is 2.25. The molecule has 1 amide bonds. The molecule has 3 heterocycles. The maximum Gasteiger partial charge on any atom is 0.268 e. The van der Waals surface area contributed by atoms with Gasteiger partial charge in [-0.25, -0.2) is 4.98 Å². The van der Waals surface area contributed by atoms with E-state index in [-0.39, 0.29) is 28.8 Å². The molecule has 1 aromatic carbocycles. The van der Waals surface area contributed by atoms with Crippen LogP contribution in [0.3, 0.4) is 0 Å². The fourth-order valence-electron chi connectivity index (χ4n) is 2.68. The van der Waals surface area contributed by atoms with Gasteiger partial charge in [0.1, 0.15) is 11.3 Å². The molecule has 3 aromatic heterocycles. The van der Waals surface area contributed by atoms with Crippen LogP contribution < -0.4 is 5.56 Å². The number of pyridine rings is 1. The lowest BCUT2D eigenvalue weighted by atomic mass is 10.1. The smallest absolute Gasteiger partial charge is 0.268 e. The lowest BCUT2D eigenvalue weighted by Gasteiger charge is -2.10. The molecular weight excluding hydrogens is 372 g/mol. The van der Waals surface area contributed by atoms with Gasteiger partial charge in [0.2, 0.25) is 0 Å². The van der Waals surface area contributed by atoms with E-state index >= 15 is 0 Å². The molecular formula is C20H16N6O3. The second kappa shape index (κ2) is 7.47. The molecule has 9 nitrogen and oxygen atoms in total. The van der Waals surface area contributed by atoms with Gasteiger partial charge in [0.15, 0.2) is 0 Å². The number of carbonyl (C=O) groups is 1. The Balaban J connectivity index is 1.64. The fourth-order valence-corrected chi connectivity index (χ4v) is 2.68. The van der Waals surface area contributed by atoms with Crippen LogP contribution in [0, 0.1) is 0 Å². The summed E-state index contributed by atoms with van der Waals surface area (Å²) < 4.78 is 5.61. The number of hydrogen-bond donors (Lipinski definition) is 1. The third kappa shape index (κ3) is 3.65. The maximum absolute atomic E-state index is 12.0. The first-order chi connectivity index (χ1) is 14.0. The van der Waals surface area contributed by atoms with Crippen molar-refractivity contribution in [1.29, 1.82) is 0 Å². The Kier molecular flexibility index (Phi) is 4.70. The van der Waals surface area contributed by atoms with Gasteiger partial charge in [-0.1, -0.05) is 12.1 Å². The van der Waals surface area contributed by atoms with Crippen molar-refractivity contribution in [3.63, 3.8) is 0 Å². The Morgan fingerprint density at radius 2 is 1.72 bits per heavy atom. The number of nitrogens with zero attached hydrogens (tertiary/aromatic N) is 5. The van der Waals surface area contributed by atoms with Crippen molar-refractivity contribution >= 4 is 5.91 Å². The lowest BCUT2D eigenvalue weighted by molar-refractivity contribution is 0.0827. The van der Waals surface area contributed by atoms with E-state index in [1.807, 2.05) is 0 Å². The average molecular weight is 388 g/mol.